The van der Waals surface area contributed by atoms with Gasteiger partial charge in [-0.3, -0.25) is 4.79 Å². The van der Waals surface area contributed by atoms with E-state index in [2.05, 4.69) is 10.4 Å². The third kappa shape index (κ3) is 4.27. The number of rotatable bonds is 4. The van der Waals surface area contributed by atoms with Crippen LogP contribution in [0.5, 0.6) is 0 Å². The van der Waals surface area contributed by atoms with E-state index in [0.29, 0.717) is 17.8 Å². The van der Waals surface area contributed by atoms with E-state index in [9.17, 15) is 4.79 Å². The molecule has 5 N–H and O–H groups in total. The molecular weight excluding hydrogens is 402 g/mol. The lowest BCUT2D eigenvalue weighted by Gasteiger charge is -2.26. The lowest BCUT2D eigenvalue weighted by Crippen LogP contribution is -2.35. The summed E-state index contributed by atoms with van der Waals surface area (Å²) in [7, 11) is 0. The second-order valence-corrected chi connectivity index (χ2v) is 9.08. The molecule has 8 heteroatoms. The summed E-state index contributed by atoms with van der Waals surface area (Å²) in [5.41, 5.74) is 16.3. The van der Waals surface area contributed by atoms with E-state index in [4.69, 9.17) is 16.5 Å². The molecule has 0 spiro atoms. The fraction of sp³-hybridized carbons (Fsp3) is 0.458. The van der Waals surface area contributed by atoms with Crippen LogP contribution in [0.25, 0.3) is 5.65 Å². The standard InChI is InChI=1S/C24H31N7O/c25-18-8-4-16(5-9-18)21-15-31-23(28-21)20(14-22(26)29-31)27-19-10-6-17(7-11-19)24(32)30-12-2-1-3-13-30/h6-7,10-11,14-16,18,27H,1-5,8-9,12-13,25H2,(H2,26,29). The molecule has 168 valence electrons. The number of nitrogens with one attached hydrogen (secondary N) is 1. The molecule has 3 heterocycles. The van der Waals surface area contributed by atoms with Crippen molar-refractivity contribution in [3.8, 4) is 0 Å². The van der Waals surface area contributed by atoms with Crippen LogP contribution in [0, 0.1) is 0 Å². The van der Waals surface area contributed by atoms with Crippen molar-refractivity contribution in [2.75, 3.05) is 24.1 Å². The van der Waals surface area contributed by atoms with Crippen LogP contribution in [0.15, 0.2) is 36.5 Å². The van der Waals surface area contributed by atoms with Crippen molar-refractivity contribution in [2.45, 2.75) is 56.9 Å². The van der Waals surface area contributed by atoms with Gasteiger partial charge in [-0.1, -0.05) is 0 Å². The summed E-state index contributed by atoms with van der Waals surface area (Å²) in [6.07, 6.45) is 9.53. The maximum Gasteiger partial charge on any atom is 0.253 e. The number of imidazole rings is 1. The van der Waals surface area contributed by atoms with Gasteiger partial charge in [-0.2, -0.15) is 0 Å². The number of benzene rings is 1. The summed E-state index contributed by atoms with van der Waals surface area (Å²) in [5.74, 6) is 0.939. The Labute approximate surface area is 188 Å². The zero-order valence-electron chi connectivity index (χ0n) is 18.3. The normalized spacial score (nSPS) is 21.6. The molecule has 2 aliphatic rings. The minimum atomic E-state index is 0.108. The van der Waals surface area contributed by atoms with E-state index >= 15 is 0 Å². The highest BCUT2D eigenvalue weighted by molar-refractivity contribution is 5.94. The number of carbonyl (C=O) groups excluding carboxylic acids is 1. The third-order valence-corrected chi connectivity index (χ3v) is 6.71. The van der Waals surface area contributed by atoms with Gasteiger partial charge in [0, 0.05) is 42.4 Å². The van der Waals surface area contributed by atoms with Crippen LogP contribution in [0.2, 0.25) is 0 Å². The topological polar surface area (TPSA) is 115 Å². The van der Waals surface area contributed by atoms with Gasteiger partial charge in [-0.25, -0.2) is 9.50 Å². The second-order valence-electron chi connectivity index (χ2n) is 9.08. The largest absolute Gasteiger partial charge is 0.382 e. The predicted octanol–water partition coefficient (Wildman–Crippen LogP) is 3.67. The second kappa shape index (κ2) is 8.78. The number of nitrogen functional groups attached to an aromatic ring is 1. The lowest BCUT2D eigenvalue weighted by atomic mass is 9.85. The summed E-state index contributed by atoms with van der Waals surface area (Å²) >= 11 is 0. The molecule has 8 nitrogen and oxygen atoms in total. The summed E-state index contributed by atoms with van der Waals surface area (Å²) in [6.45, 7) is 1.70. The number of hydrogen-bond donors (Lipinski definition) is 3. The number of piperidine rings is 1. The van der Waals surface area contributed by atoms with Crippen molar-refractivity contribution in [1.29, 1.82) is 0 Å². The molecule has 1 aliphatic heterocycles. The van der Waals surface area contributed by atoms with Gasteiger partial charge >= 0.3 is 0 Å². The number of fused-ring (bicyclic) bond motifs is 1. The first-order valence-corrected chi connectivity index (χ1v) is 11.6. The number of likely N-dealkylation sites (tertiary alicyclic amines) is 1. The molecule has 0 bridgehead atoms. The van der Waals surface area contributed by atoms with Crippen LogP contribution in [-0.4, -0.2) is 44.5 Å². The first-order chi connectivity index (χ1) is 15.6. The predicted molar refractivity (Wildman–Crippen MR) is 126 cm³/mol. The molecule has 0 atom stereocenters. The van der Waals surface area contributed by atoms with Gasteiger partial charge in [0.25, 0.3) is 5.91 Å². The molecule has 5 rings (SSSR count). The van der Waals surface area contributed by atoms with Gasteiger partial charge in [0.05, 0.1) is 17.6 Å². The van der Waals surface area contributed by atoms with E-state index in [1.807, 2.05) is 35.4 Å². The van der Waals surface area contributed by atoms with Crippen molar-refractivity contribution in [3.05, 3.63) is 47.8 Å². The van der Waals surface area contributed by atoms with Crippen molar-refractivity contribution >= 4 is 28.7 Å². The van der Waals surface area contributed by atoms with Gasteiger partial charge in [-0.05, 0) is 69.2 Å². The van der Waals surface area contributed by atoms with Crippen LogP contribution in [0.3, 0.4) is 0 Å². The molecule has 0 radical (unpaired) electrons. The van der Waals surface area contributed by atoms with Gasteiger partial charge in [0.2, 0.25) is 0 Å². The summed E-state index contributed by atoms with van der Waals surface area (Å²) in [6, 6.07) is 9.72. The smallest absolute Gasteiger partial charge is 0.253 e. The van der Waals surface area contributed by atoms with Crippen molar-refractivity contribution in [1.82, 2.24) is 19.5 Å². The molecule has 1 aliphatic carbocycles. The molecule has 2 fully saturated rings. The monoisotopic (exact) mass is 433 g/mol. The fourth-order valence-electron chi connectivity index (χ4n) is 4.85. The van der Waals surface area contributed by atoms with Crippen LogP contribution in [0.1, 0.15) is 66.9 Å². The number of nitrogens with two attached hydrogens (primary N) is 2. The van der Waals surface area contributed by atoms with E-state index in [1.165, 1.54) is 6.42 Å². The minimum Gasteiger partial charge on any atom is -0.382 e. The Morgan fingerprint density at radius 2 is 1.75 bits per heavy atom. The summed E-state index contributed by atoms with van der Waals surface area (Å²) in [4.78, 5) is 19.6. The Morgan fingerprint density at radius 1 is 1.03 bits per heavy atom. The van der Waals surface area contributed by atoms with Crippen molar-refractivity contribution in [3.63, 3.8) is 0 Å². The molecular formula is C24H31N7O. The van der Waals surface area contributed by atoms with E-state index < -0.39 is 0 Å². The lowest BCUT2D eigenvalue weighted by molar-refractivity contribution is 0.0724. The maximum atomic E-state index is 12.7. The highest BCUT2D eigenvalue weighted by atomic mass is 16.2. The molecule has 1 amide bonds. The maximum absolute atomic E-state index is 12.7. The number of anilines is 3. The number of amides is 1. The minimum absolute atomic E-state index is 0.108. The Bertz CT molecular complexity index is 1090. The summed E-state index contributed by atoms with van der Waals surface area (Å²) < 4.78 is 1.76. The van der Waals surface area contributed by atoms with Gasteiger partial charge in [0.1, 0.15) is 5.82 Å². The number of aromatic nitrogens is 3. The van der Waals surface area contributed by atoms with Crippen molar-refractivity contribution in [2.24, 2.45) is 5.73 Å². The Balaban J connectivity index is 1.35. The Morgan fingerprint density at radius 3 is 2.47 bits per heavy atom. The third-order valence-electron chi connectivity index (χ3n) is 6.71. The van der Waals surface area contributed by atoms with Crippen LogP contribution < -0.4 is 16.8 Å². The highest BCUT2D eigenvalue weighted by Gasteiger charge is 2.23. The Hall–Kier alpha value is -3.13. The molecule has 0 unspecified atom stereocenters. The fourth-order valence-corrected chi connectivity index (χ4v) is 4.85. The molecule has 2 aromatic heterocycles. The number of carbonyl (C=O) groups is 1. The first-order valence-electron chi connectivity index (χ1n) is 11.6. The van der Waals surface area contributed by atoms with Crippen molar-refractivity contribution < 1.29 is 4.79 Å². The zero-order chi connectivity index (χ0) is 22.1. The highest BCUT2D eigenvalue weighted by Crippen LogP contribution is 2.33. The van der Waals surface area contributed by atoms with Crippen LogP contribution in [-0.2, 0) is 0 Å². The SMILES string of the molecule is Nc1cc(Nc2ccc(C(=O)N3CCCCC3)cc2)c2nc(C3CCC(N)CC3)cn2n1. The van der Waals surface area contributed by atoms with Gasteiger partial charge < -0.3 is 21.7 Å². The number of hydrogen-bond acceptors (Lipinski definition) is 6. The zero-order valence-corrected chi connectivity index (χ0v) is 18.3. The quantitative estimate of drug-likeness (QED) is 0.578. The summed E-state index contributed by atoms with van der Waals surface area (Å²) in [5, 5.41) is 7.82. The molecule has 1 aromatic carbocycles. The van der Waals surface area contributed by atoms with Crippen LogP contribution >= 0.6 is 0 Å². The van der Waals surface area contributed by atoms with Gasteiger partial charge in [-0.15, -0.1) is 5.10 Å². The molecule has 3 aromatic rings. The van der Waals surface area contributed by atoms with Gasteiger partial charge in [0.15, 0.2) is 5.65 Å². The van der Waals surface area contributed by atoms with E-state index in [0.717, 1.165) is 79.9 Å². The van der Waals surface area contributed by atoms with E-state index in [1.54, 1.807) is 10.6 Å². The first kappa shape index (κ1) is 20.8. The molecule has 1 saturated heterocycles. The van der Waals surface area contributed by atoms with Crippen LogP contribution in [0.4, 0.5) is 17.2 Å². The van der Waals surface area contributed by atoms with E-state index in [-0.39, 0.29) is 5.91 Å². The average molecular weight is 434 g/mol. The Kier molecular flexibility index (Phi) is 5.70. The molecule has 1 saturated carbocycles. The molecule has 32 heavy (non-hydrogen) atoms. The number of nitrogens with zero attached hydrogens (tertiary/aromatic N) is 4. The average Bonchev–Trinajstić information content (AvgIpc) is 3.24.